The van der Waals surface area contributed by atoms with Crippen LogP contribution in [0.5, 0.6) is 0 Å². The van der Waals surface area contributed by atoms with Crippen molar-refractivity contribution in [2.45, 2.75) is 65.3 Å². The second kappa shape index (κ2) is 10.2. The lowest BCUT2D eigenvalue weighted by Gasteiger charge is -2.12. The van der Waals surface area contributed by atoms with E-state index >= 15 is 0 Å². The Hall–Kier alpha value is -2.96. The fourth-order valence-corrected chi connectivity index (χ4v) is 3.94. The van der Waals surface area contributed by atoms with Gasteiger partial charge in [-0.3, -0.25) is 4.68 Å². The molecular weight excluding hydrogens is 374 g/mol. The van der Waals surface area contributed by atoms with Crippen molar-refractivity contribution in [1.29, 1.82) is 5.41 Å². The molecule has 0 aliphatic heterocycles. The van der Waals surface area contributed by atoms with Gasteiger partial charge in [0.25, 0.3) is 0 Å². The van der Waals surface area contributed by atoms with E-state index in [1.165, 1.54) is 38.1 Å². The summed E-state index contributed by atoms with van der Waals surface area (Å²) in [5, 5.41) is 16.3. The molecule has 160 valence electrons. The molecule has 3 N–H and O–H groups in total. The largest absolute Gasteiger partial charge is 0.404 e. The summed E-state index contributed by atoms with van der Waals surface area (Å²) in [6.45, 7) is 6.66. The number of fused-ring (bicyclic) bond motifs is 1. The zero-order valence-corrected chi connectivity index (χ0v) is 18.3. The van der Waals surface area contributed by atoms with Crippen molar-refractivity contribution in [2.75, 3.05) is 0 Å². The summed E-state index contributed by atoms with van der Waals surface area (Å²) in [4.78, 5) is 4.70. The monoisotopic (exact) mass is 407 g/mol. The number of nitrogens with one attached hydrogen (secondary N) is 1. The molecule has 1 saturated carbocycles. The Morgan fingerprint density at radius 3 is 2.53 bits per heavy atom. The summed E-state index contributed by atoms with van der Waals surface area (Å²) in [5.41, 5.74) is 9.35. The Labute approximate surface area is 178 Å². The molecule has 30 heavy (non-hydrogen) atoms. The highest BCUT2D eigenvalue weighted by Crippen LogP contribution is 2.26. The molecule has 0 radical (unpaired) electrons. The van der Waals surface area contributed by atoms with Crippen LogP contribution in [-0.2, 0) is 0 Å². The number of rotatable bonds is 6. The standard InChI is InChI=1S/C17H21N7.C6H12/c1-3-14(4-2)23-10-13(9-21-23)17-16-5-6-20-24(16)11-15(22-17)12(7-18)8-19;1-6-4-2-3-5-6/h5-11,14,18H,3-4,19H2,1-2H3;6H,2-5H2,1H3/b12-8+,18-7?;. The van der Waals surface area contributed by atoms with Crippen LogP contribution in [0.4, 0.5) is 0 Å². The topological polar surface area (TPSA) is 97.9 Å². The molecule has 4 rings (SSSR count). The molecule has 1 fully saturated rings. The van der Waals surface area contributed by atoms with Gasteiger partial charge in [-0.15, -0.1) is 0 Å². The molecule has 7 nitrogen and oxygen atoms in total. The van der Waals surface area contributed by atoms with Gasteiger partial charge in [-0.05, 0) is 24.8 Å². The van der Waals surface area contributed by atoms with Crippen molar-refractivity contribution in [3.05, 3.63) is 42.7 Å². The molecule has 3 aromatic heterocycles. The molecule has 1 aliphatic rings. The van der Waals surface area contributed by atoms with Crippen LogP contribution in [0, 0.1) is 11.3 Å². The number of nitrogens with two attached hydrogens (primary N) is 1. The Morgan fingerprint density at radius 1 is 1.23 bits per heavy atom. The molecule has 1 aliphatic carbocycles. The predicted octanol–water partition coefficient (Wildman–Crippen LogP) is 5.10. The highest BCUT2D eigenvalue weighted by Gasteiger charge is 2.15. The summed E-state index contributed by atoms with van der Waals surface area (Å²) in [5.74, 6) is 1.05. The zero-order valence-electron chi connectivity index (χ0n) is 18.3. The Morgan fingerprint density at radius 2 is 1.97 bits per heavy atom. The van der Waals surface area contributed by atoms with E-state index < -0.39 is 0 Å². The highest BCUT2D eigenvalue weighted by molar-refractivity contribution is 6.07. The molecule has 7 heteroatoms. The smallest absolute Gasteiger partial charge is 0.0999 e. The van der Waals surface area contributed by atoms with Crippen molar-refractivity contribution in [1.82, 2.24) is 24.4 Å². The van der Waals surface area contributed by atoms with Crippen LogP contribution in [0.3, 0.4) is 0 Å². The van der Waals surface area contributed by atoms with E-state index in [9.17, 15) is 0 Å². The van der Waals surface area contributed by atoms with E-state index in [1.54, 1.807) is 16.9 Å². The normalized spacial score (nSPS) is 14.9. The van der Waals surface area contributed by atoms with Crippen LogP contribution in [0.25, 0.3) is 22.3 Å². The molecule has 0 amide bonds. The zero-order chi connectivity index (χ0) is 21.5. The fourth-order valence-electron chi connectivity index (χ4n) is 3.94. The maximum absolute atomic E-state index is 7.49. The highest BCUT2D eigenvalue weighted by atomic mass is 15.3. The van der Waals surface area contributed by atoms with Gasteiger partial charge in [0.15, 0.2) is 0 Å². The van der Waals surface area contributed by atoms with Gasteiger partial charge in [0.1, 0.15) is 0 Å². The number of hydrogen-bond donors (Lipinski definition) is 2. The van der Waals surface area contributed by atoms with Gasteiger partial charge in [0.05, 0.1) is 41.5 Å². The molecule has 0 saturated heterocycles. The van der Waals surface area contributed by atoms with Gasteiger partial charge in [-0.25, -0.2) is 9.50 Å². The Balaban J connectivity index is 0.000000367. The lowest BCUT2D eigenvalue weighted by molar-refractivity contribution is 0.428. The van der Waals surface area contributed by atoms with Crippen molar-refractivity contribution in [3.63, 3.8) is 0 Å². The quantitative estimate of drug-likeness (QED) is 0.555. The first-order valence-corrected chi connectivity index (χ1v) is 10.9. The summed E-state index contributed by atoms with van der Waals surface area (Å²) in [6.07, 6.45) is 17.9. The van der Waals surface area contributed by atoms with Gasteiger partial charge in [0.2, 0.25) is 0 Å². The van der Waals surface area contributed by atoms with Crippen molar-refractivity contribution in [2.24, 2.45) is 11.7 Å². The van der Waals surface area contributed by atoms with E-state index in [4.69, 9.17) is 16.1 Å². The number of aromatic nitrogens is 5. The van der Waals surface area contributed by atoms with Gasteiger partial charge >= 0.3 is 0 Å². The minimum Gasteiger partial charge on any atom is -0.404 e. The first-order valence-electron chi connectivity index (χ1n) is 10.9. The third-order valence-electron chi connectivity index (χ3n) is 5.86. The van der Waals surface area contributed by atoms with Crippen LogP contribution in [-0.4, -0.2) is 30.6 Å². The summed E-state index contributed by atoms with van der Waals surface area (Å²) in [6, 6.07) is 2.29. The second-order valence-corrected chi connectivity index (χ2v) is 7.97. The molecule has 3 heterocycles. The fraction of sp³-hybridized carbons (Fsp3) is 0.478. The lowest BCUT2D eigenvalue weighted by atomic mass is 10.1. The number of allylic oxidation sites excluding steroid dienone is 1. The predicted molar refractivity (Wildman–Crippen MR) is 122 cm³/mol. The Bertz CT molecular complexity index is 988. The molecule has 0 bridgehead atoms. The van der Waals surface area contributed by atoms with Crippen molar-refractivity contribution >= 4 is 17.3 Å². The number of hydrogen-bond acceptors (Lipinski definition) is 5. The van der Waals surface area contributed by atoms with E-state index in [2.05, 4.69) is 31.0 Å². The second-order valence-electron chi connectivity index (χ2n) is 7.97. The van der Waals surface area contributed by atoms with E-state index in [0.717, 1.165) is 35.5 Å². The molecule has 0 unspecified atom stereocenters. The molecular formula is C23H33N7. The third kappa shape index (κ3) is 4.78. The molecule has 0 aromatic carbocycles. The van der Waals surface area contributed by atoms with Crippen LogP contribution < -0.4 is 5.73 Å². The molecule has 3 aromatic rings. The van der Waals surface area contributed by atoms with Crippen LogP contribution in [0.2, 0.25) is 0 Å². The van der Waals surface area contributed by atoms with Crippen LogP contribution in [0.15, 0.2) is 37.1 Å². The Kier molecular flexibility index (Phi) is 7.38. The van der Waals surface area contributed by atoms with E-state index in [-0.39, 0.29) is 0 Å². The minimum absolute atomic E-state index is 0.379. The number of nitrogens with zero attached hydrogens (tertiary/aromatic N) is 5. The van der Waals surface area contributed by atoms with E-state index in [1.807, 2.05) is 23.1 Å². The summed E-state index contributed by atoms with van der Waals surface area (Å²) < 4.78 is 3.74. The van der Waals surface area contributed by atoms with Gasteiger partial charge in [-0.2, -0.15) is 10.2 Å². The summed E-state index contributed by atoms with van der Waals surface area (Å²) in [7, 11) is 0. The average Bonchev–Trinajstić information content (AvgIpc) is 3.52. The molecule has 0 atom stereocenters. The lowest BCUT2D eigenvalue weighted by Crippen LogP contribution is -2.06. The average molecular weight is 408 g/mol. The van der Waals surface area contributed by atoms with E-state index in [0.29, 0.717) is 17.3 Å². The van der Waals surface area contributed by atoms with Crippen LogP contribution >= 0.6 is 0 Å². The van der Waals surface area contributed by atoms with Gasteiger partial charge < -0.3 is 11.1 Å². The first-order chi connectivity index (χ1) is 14.6. The van der Waals surface area contributed by atoms with Crippen LogP contribution in [0.1, 0.15) is 71.0 Å². The first kappa shape index (κ1) is 21.7. The van der Waals surface area contributed by atoms with Crippen molar-refractivity contribution in [3.8, 4) is 11.3 Å². The third-order valence-corrected chi connectivity index (χ3v) is 5.86. The SMILES string of the molecule is CC1CCCC1.CCC(CC)n1cc(-c2nc(/C(C=N)=C/N)cn3nccc23)cn1. The van der Waals surface area contributed by atoms with Gasteiger partial charge in [0, 0.05) is 29.7 Å². The maximum Gasteiger partial charge on any atom is 0.0999 e. The molecule has 0 spiro atoms. The van der Waals surface area contributed by atoms with Gasteiger partial charge in [-0.1, -0.05) is 46.5 Å². The minimum atomic E-state index is 0.379. The summed E-state index contributed by atoms with van der Waals surface area (Å²) >= 11 is 0. The maximum atomic E-state index is 7.49. The van der Waals surface area contributed by atoms with Crippen molar-refractivity contribution < 1.29 is 0 Å².